The molecule has 0 radical (unpaired) electrons. The lowest BCUT2D eigenvalue weighted by Crippen LogP contribution is -2.03. The number of halogens is 1. The molecule has 0 spiro atoms. The zero-order valence-electron chi connectivity index (χ0n) is 15.1. The molecule has 0 fully saturated rings. The van der Waals surface area contributed by atoms with Crippen LogP contribution in [0.3, 0.4) is 0 Å². The molecular weight excluding hydrogens is 430 g/mol. The van der Waals surface area contributed by atoms with Gasteiger partial charge in [0.1, 0.15) is 24.5 Å². The molecule has 142 valence electrons. The Kier molecular flexibility index (Phi) is 5.96. The number of sulfone groups is 1. The summed E-state index contributed by atoms with van der Waals surface area (Å²) in [6, 6.07) is 10.5. The van der Waals surface area contributed by atoms with E-state index < -0.39 is 9.84 Å². The van der Waals surface area contributed by atoms with Gasteiger partial charge in [0, 0.05) is 24.3 Å². The van der Waals surface area contributed by atoms with Gasteiger partial charge in [-0.15, -0.1) is 0 Å². The highest BCUT2D eigenvalue weighted by Gasteiger charge is 2.11. The second-order valence-corrected chi connectivity index (χ2v) is 9.03. The highest BCUT2D eigenvalue weighted by molar-refractivity contribution is 9.10. The van der Waals surface area contributed by atoms with Crippen molar-refractivity contribution in [1.82, 2.24) is 9.97 Å². The number of hydrogen-bond acceptors (Lipinski definition) is 6. The molecule has 0 amide bonds. The van der Waals surface area contributed by atoms with Crippen LogP contribution in [0.2, 0.25) is 0 Å². The van der Waals surface area contributed by atoms with E-state index in [2.05, 4.69) is 38.1 Å². The van der Waals surface area contributed by atoms with E-state index in [9.17, 15) is 8.42 Å². The monoisotopic (exact) mass is 449 g/mol. The van der Waals surface area contributed by atoms with Crippen LogP contribution in [0.25, 0.3) is 10.9 Å². The van der Waals surface area contributed by atoms with Crippen molar-refractivity contribution in [1.29, 1.82) is 0 Å². The Morgan fingerprint density at radius 2 is 2.00 bits per heavy atom. The Labute approximate surface area is 167 Å². The molecule has 3 aromatic rings. The molecule has 3 rings (SSSR count). The van der Waals surface area contributed by atoms with E-state index in [-0.39, 0.29) is 11.5 Å². The van der Waals surface area contributed by atoms with E-state index in [0.717, 1.165) is 39.7 Å². The number of hydrogen-bond donors (Lipinski definition) is 1. The van der Waals surface area contributed by atoms with Crippen LogP contribution in [0.1, 0.15) is 18.9 Å². The molecule has 0 bridgehead atoms. The summed E-state index contributed by atoms with van der Waals surface area (Å²) in [5.74, 6) is 1.42. The molecule has 1 aromatic heterocycles. The van der Waals surface area contributed by atoms with Gasteiger partial charge in [0.25, 0.3) is 0 Å². The Bertz CT molecular complexity index is 1070. The van der Waals surface area contributed by atoms with Crippen LogP contribution in [0.5, 0.6) is 5.75 Å². The van der Waals surface area contributed by atoms with E-state index in [4.69, 9.17) is 4.74 Å². The molecule has 0 aliphatic carbocycles. The normalized spacial score (nSPS) is 11.5. The van der Waals surface area contributed by atoms with Crippen LogP contribution < -0.4 is 10.1 Å². The smallest absolute Gasteiger partial charge is 0.175 e. The van der Waals surface area contributed by atoms with Crippen LogP contribution >= 0.6 is 15.9 Å². The van der Waals surface area contributed by atoms with Gasteiger partial charge in [0.05, 0.1) is 14.9 Å². The lowest BCUT2D eigenvalue weighted by atomic mass is 10.2. The second-order valence-electron chi connectivity index (χ2n) is 6.16. The number of nitrogens with one attached hydrogen (secondary N) is 1. The first-order valence-corrected chi connectivity index (χ1v) is 11.2. The minimum absolute atomic E-state index is 0.249. The third kappa shape index (κ3) is 4.75. The fourth-order valence-corrected chi connectivity index (χ4v) is 3.73. The van der Waals surface area contributed by atoms with Crippen molar-refractivity contribution in [3.8, 4) is 5.75 Å². The van der Waals surface area contributed by atoms with Gasteiger partial charge in [-0.1, -0.05) is 19.1 Å². The van der Waals surface area contributed by atoms with Crippen LogP contribution in [-0.4, -0.2) is 31.2 Å². The Balaban J connectivity index is 1.85. The van der Waals surface area contributed by atoms with Crippen LogP contribution in [-0.2, 0) is 16.4 Å². The molecule has 0 saturated carbocycles. The average molecular weight is 450 g/mol. The number of benzene rings is 2. The zero-order chi connectivity index (χ0) is 19.4. The SMILES string of the molecule is CCCNc1ncnc2cc(OCc3cccc(S(C)(=O)=O)c3)c(Br)cc12. The fourth-order valence-electron chi connectivity index (χ4n) is 2.58. The number of ether oxygens (including phenoxy) is 1. The minimum atomic E-state index is -3.25. The van der Waals surface area contributed by atoms with Crippen molar-refractivity contribution < 1.29 is 13.2 Å². The highest BCUT2D eigenvalue weighted by Crippen LogP contribution is 2.32. The van der Waals surface area contributed by atoms with Crippen molar-refractivity contribution in [2.45, 2.75) is 24.8 Å². The first-order valence-electron chi connectivity index (χ1n) is 8.48. The number of anilines is 1. The average Bonchev–Trinajstić information content (AvgIpc) is 2.64. The fraction of sp³-hybridized carbons (Fsp3) is 0.263. The summed E-state index contributed by atoms with van der Waals surface area (Å²) < 4.78 is 30.1. The van der Waals surface area contributed by atoms with Gasteiger partial charge >= 0.3 is 0 Å². The van der Waals surface area contributed by atoms with Crippen LogP contribution in [0, 0.1) is 0 Å². The van der Waals surface area contributed by atoms with Gasteiger partial charge in [-0.2, -0.15) is 0 Å². The predicted octanol–water partition coefficient (Wildman–Crippen LogP) is 4.20. The summed E-state index contributed by atoms with van der Waals surface area (Å²) in [4.78, 5) is 8.90. The van der Waals surface area contributed by atoms with E-state index >= 15 is 0 Å². The van der Waals surface area contributed by atoms with E-state index in [1.807, 2.05) is 18.2 Å². The third-order valence-electron chi connectivity index (χ3n) is 3.95. The van der Waals surface area contributed by atoms with E-state index in [0.29, 0.717) is 5.75 Å². The first kappa shape index (κ1) is 19.6. The summed E-state index contributed by atoms with van der Waals surface area (Å²) in [6.07, 6.45) is 3.71. The minimum Gasteiger partial charge on any atom is -0.488 e. The number of aromatic nitrogens is 2. The summed E-state index contributed by atoms with van der Waals surface area (Å²) >= 11 is 3.54. The van der Waals surface area contributed by atoms with Crippen LogP contribution in [0.4, 0.5) is 5.82 Å². The van der Waals surface area contributed by atoms with Gasteiger partial charge in [-0.05, 0) is 46.1 Å². The molecule has 2 aromatic carbocycles. The zero-order valence-corrected chi connectivity index (χ0v) is 17.5. The van der Waals surface area contributed by atoms with Gasteiger partial charge in [-0.25, -0.2) is 18.4 Å². The Morgan fingerprint density at radius 1 is 1.19 bits per heavy atom. The maximum absolute atomic E-state index is 11.7. The standard InChI is InChI=1S/C19H20BrN3O3S/c1-3-7-21-19-15-9-16(20)18(10-17(15)22-12-23-19)26-11-13-5-4-6-14(8-13)27(2,24)25/h4-6,8-10,12H,3,7,11H2,1-2H3,(H,21,22,23). The summed E-state index contributed by atoms with van der Waals surface area (Å²) in [5, 5.41) is 4.20. The first-order chi connectivity index (χ1) is 12.9. The maximum atomic E-state index is 11.7. The molecule has 0 unspecified atom stereocenters. The molecule has 6 nitrogen and oxygen atoms in total. The summed E-state index contributed by atoms with van der Waals surface area (Å²) in [5.41, 5.74) is 1.55. The molecule has 1 heterocycles. The molecule has 8 heteroatoms. The maximum Gasteiger partial charge on any atom is 0.175 e. The van der Waals surface area contributed by atoms with Gasteiger partial charge < -0.3 is 10.1 Å². The van der Waals surface area contributed by atoms with Crippen molar-refractivity contribution in [2.24, 2.45) is 0 Å². The molecule has 27 heavy (non-hydrogen) atoms. The number of nitrogens with zero attached hydrogens (tertiary/aromatic N) is 2. The largest absolute Gasteiger partial charge is 0.488 e. The summed E-state index contributed by atoms with van der Waals surface area (Å²) in [7, 11) is -3.25. The second kappa shape index (κ2) is 8.22. The van der Waals surface area contributed by atoms with Crippen molar-refractivity contribution in [3.63, 3.8) is 0 Å². The Morgan fingerprint density at radius 3 is 2.74 bits per heavy atom. The molecule has 0 aliphatic heterocycles. The molecular formula is C19H20BrN3O3S. The van der Waals surface area contributed by atoms with Crippen LogP contribution in [0.15, 0.2) is 52.1 Å². The number of rotatable bonds is 7. The number of fused-ring (bicyclic) bond motifs is 1. The van der Waals surface area contributed by atoms with E-state index in [1.54, 1.807) is 18.2 Å². The van der Waals surface area contributed by atoms with Gasteiger partial charge in [-0.3, -0.25) is 0 Å². The van der Waals surface area contributed by atoms with Crippen molar-refractivity contribution in [2.75, 3.05) is 18.1 Å². The van der Waals surface area contributed by atoms with Crippen molar-refractivity contribution >= 4 is 42.5 Å². The molecule has 1 N–H and O–H groups in total. The topological polar surface area (TPSA) is 81.2 Å². The van der Waals surface area contributed by atoms with E-state index in [1.165, 1.54) is 12.6 Å². The Hall–Kier alpha value is -2.19. The lowest BCUT2D eigenvalue weighted by molar-refractivity contribution is 0.304. The predicted molar refractivity (Wildman–Crippen MR) is 110 cm³/mol. The summed E-state index contributed by atoms with van der Waals surface area (Å²) in [6.45, 7) is 3.18. The molecule has 0 atom stereocenters. The lowest BCUT2D eigenvalue weighted by Gasteiger charge is -2.12. The van der Waals surface area contributed by atoms with Gasteiger partial charge in [0.15, 0.2) is 9.84 Å². The molecule has 0 saturated heterocycles. The quantitative estimate of drug-likeness (QED) is 0.581. The van der Waals surface area contributed by atoms with Crippen molar-refractivity contribution in [3.05, 3.63) is 52.8 Å². The molecule has 0 aliphatic rings. The van der Waals surface area contributed by atoms with Gasteiger partial charge in [0.2, 0.25) is 0 Å². The third-order valence-corrected chi connectivity index (χ3v) is 5.68. The highest BCUT2D eigenvalue weighted by atomic mass is 79.9.